The number of nitrogens with one attached hydrogen (secondary N) is 1. The Hall–Kier alpha value is -2.56. The van der Waals surface area contributed by atoms with Crippen LogP contribution in [0.2, 0.25) is 0 Å². The van der Waals surface area contributed by atoms with Gasteiger partial charge in [0, 0.05) is 30.9 Å². The fourth-order valence-electron chi connectivity index (χ4n) is 4.49. The zero-order chi connectivity index (χ0) is 19.0. The van der Waals surface area contributed by atoms with E-state index in [4.69, 9.17) is 0 Å². The summed E-state index contributed by atoms with van der Waals surface area (Å²) in [6.07, 6.45) is 4.41. The molecule has 0 radical (unpaired) electrons. The molecule has 2 aromatic rings. The van der Waals surface area contributed by atoms with Crippen LogP contribution in [0.4, 0.5) is 0 Å². The van der Waals surface area contributed by atoms with Gasteiger partial charge in [0.1, 0.15) is 5.69 Å². The minimum Gasteiger partial charge on any atom is -0.350 e. The highest BCUT2D eigenvalue weighted by atomic mass is 16.2. The monoisotopic (exact) mass is 365 g/mol. The van der Waals surface area contributed by atoms with Crippen molar-refractivity contribution < 1.29 is 9.59 Å². The summed E-state index contributed by atoms with van der Waals surface area (Å²) in [5, 5.41) is 3.26. The molecule has 1 spiro atoms. The highest BCUT2D eigenvalue weighted by Gasteiger charge is 2.46. The zero-order valence-corrected chi connectivity index (χ0v) is 16.0. The van der Waals surface area contributed by atoms with Gasteiger partial charge >= 0.3 is 0 Å². The maximum atomic E-state index is 13.0. The summed E-state index contributed by atoms with van der Waals surface area (Å²) in [6.45, 7) is 5.54. The molecule has 4 rings (SSSR count). The number of hydrogen-bond acceptors (Lipinski definition) is 2. The Morgan fingerprint density at radius 3 is 2.48 bits per heavy atom. The van der Waals surface area contributed by atoms with E-state index in [0.29, 0.717) is 13.1 Å². The molecule has 2 aliphatic heterocycles. The molecule has 1 N–H and O–H groups in total. The van der Waals surface area contributed by atoms with Crippen molar-refractivity contribution in [1.82, 2.24) is 14.8 Å². The largest absolute Gasteiger partial charge is 0.350 e. The number of likely N-dealkylation sites (tertiary alicyclic amines) is 1. The van der Waals surface area contributed by atoms with Crippen molar-refractivity contribution in [2.75, 3.05) is 13.1 Å². The van der Waals surface area contributed by atoms with Gasteiger partial charge in [0.2, 0.25) is 5.91 Å². The number of hydrogen-bond donors (Lipinski definition) is 1. The van der Waals surface area contributed by atoms with Crippen molar-refractivity contribution >= 4 is 11.8 Å². The second-order valence-electron chi connectivity index (χ2n) is 8.12. The third-order valence-electron chi connectivity index (χ3n) is 6.06. The van der Waals surface area contributed by atoms with Crippen molar-refractivity contribution in [2.24, 2.45) is 0 Å². The number of carbonyl (C=O) groups is 2. The van der Waals surface area contributed by atoms with Gasteiger partial charge in [-0.25, -0.2) is 0 Å². The van der Waals surface area contributed by atoms with E-state index in [2.05, 4.69) is 19.2 Å². The van der Waals surface area contributed by atoms with E-state index in [0.717, 1.165) is 30.5 Å². The molecule has 1 atom stereocenters. The maximum Gasteiger partial charge on any atom is 0.270 e. The topological polar surface area (TPSA) is 54.3 Å². The molecule has 2 saturated heterocycles. The lowest BCUT2D eigenvalue weighted by atomic mass is 9.82. The SMILES string of the molecule is CC(C)n1cccc1C(=O)N1CCC2(CC1)C[C@H](c1ccccc1)C(=O)N2. The Morgan fingerprint density at radius 2 is 1.81 bits per heavy atom. The molecular formula is C22H27N3O2. The van der Waals surface area contributed by atoms with Crippen molar-refractivity contribution in [1.29, 1.82) is 0 Å². The lowest BCUT2D eigenvalue weighted by Crippen LogP contribution is -2.52. The van der Waals surface area contributed by atoms with E-state index in [1.54, 1.807) is 0 Å². The van der Waals surface area contributed by atoms with Crippen LogP contribution in [-0.2, 0) is 4.79 Å². The van der Waals surface area contributed by atoms with Gasteiger partial charge in [0.05, 0.1) is 5.92 Å². The predicted molar refractivity (Wildman–Crippen MR) is 105 cm³/mol. The molecule has 0 bridgehead atoms. The molecule has 1 aromatic heterocycles. The maximum absolute atomic E-state index is 13.0. The summed E-state index contributed by atoms with van der Waals surface area (Å²) in [7, 11) is 0. The van der Waals surface area contributed by atoms with Crippen LogP contribution in [0, 0.1) is 0 Å². The molecule has 142 valence electrons. The summed E-state index contributed by atoms with van der Waals surface area (Å²) in [4.78, 5) is 27.5. The van der Waals surface area contributed by atoms with Gasteiger partial charge < -0.3 is 14.8 Å². The Kier molecular flexibility index (Phi) is 4.54. The van der Waals surface area contributed by atoms with Crippen LogP contribution in [0.5, 0.6) is 0 Å². The Labute approximate surface area is 160 Å². The lowest BCUT2D eigenvalue weighted by Gasteiger charge is -2.39. The number of nitrogens with zero attached hydrogens (tertiary/aromatic N) is 2. The molecular weight excluding hydrogens is 338 g/mol. The average molecular weight is 365 g/mol. The number of benzene rings is 1. The molecule has 5 heteroatoms. The molecule has 2 aliphatic rings. The first kappa shape index (κ1) is 17.8. The van der Waals surface area contributed by atoms with E-state index in [-0.39, 0.29) is 29.3 Å². The van der Waals surface area contributed by atoms with Gasteiger partial charge in [0.25, 0.3) is 5.91 Å². The van der Waals surface area contributed by atoms with Gasteiger partial charge in [-0.1, -0.05) is 30.3 Å². The van der Waals surface area contributed by atoms with Crippen LogP contribution in [-0.4, -0.2) is 39.9 Å². The van der Waals surface area contributed by atoms with Crippen LogP contribution in [0.25, 0.3) is 0 Å². The van der Waals surface area contributed by atoms with E-state index in [9.17, 15) is 9.59 Å². The summed E-state index contributed by atoms with van der Waals surface area (Å²) in [6, 6.07) is 14.1. The van der Waals surface area contributed by atoms with Crippen LogP contribution >= 0.6 is 0 Å². The van der Waals surface area contributed by atoms with Gasteiger partial charge in [-0.15, -0.1) is 0 Å². The molecule has 0 unspecified atom stereocenters. The summed E-state index contributed by atoms with van der Waals surface area (Å²) in [5.74, 6) is 0.133. The molecule has 0 saturated carbocycles. The highest BCUT2D eigenvalue weighted by Crippen LogP contribution is 2.39. The van der Waals surface area contributed by atoms with E-state index >= 15 is 0 Å². The van der Waals surface area contributed by atoms with Crippen LogP contribution in [0.1, 0.15) is 61.1 Å². The number of rotatable bonds is 3. The summed E-state index contributed by atoms with van der Waals surface area (Å²) >= 11 is 0. The Bertz CT molecular complexity index is 832. The first-order chi connectivity index (χ1) is 13.0. The quantitative estimate of drug-likeness (QED) is 0.907. The van der Waals surface area contributed by atoms with E-state index in [1.165, 1.54) is 0 Å². The number of aromatic nitrogens is 1. The molecule has 2 fully saturated rings. The summed E-state index contributed by atoms with van der Waals surface area (Å²) < 4.78 is 2.02. The van der Waals surface area contributed by atoms with Crippen LogP contribution < -0.4 is 5.32 Å². The number of carbonyl (C=O) groups excluding carboxylic acids is 2. The Balaban J connectivity index is 1.44. The fourth-order valence-corrected chi connectivity index (χ4v) is 4.49. The zero-order valence-electron chi connectivity index (χ0n) is 16.0. The predicted octanol–water partition coefficient (Wildman–Crippen LogP) is 3.35. The number of piperidine rings is 1. The fraction of sp³-hybridized carbons (Fsp3) is 0.455. The third kappa shape index (κ3) is 3.27. The van der Waals surface area contributed by atoms with Gasteiger partial charge in [-0.2, -0.15) is 0 Å². The van der Waals surface area contributed by atoms with Crippen LogP contribution in [0.15, 0.2) is 48.7 Å². The van der Waals surface area contributed by atoms with Crippen molar-refractivity contribution in [2.45, 2.75) is 50.6 Å². The van der Waals surface area contributed by atoms with Gasteiger partial charge in [0.15, 0.2) is 0 Å². The normalized spacial score (nSPS) is 21.7. The van der Waals surface area contributed by atoms with Crippen molar-refractivity contribution in [3.63, 3.8) is 0 Å². The Morgan fingerprint density at radius 1 is 1.11 bits per heavy atom. The molecule has 27 heavy (non-hydrogen) atoms. The second kappa shape index (κ2) is 6.87. The first-order valence-corrected chi connectivity index (χ1v) is 9.82. The minimum atomic E-state index is -0.172. The third-order valence-corrected chi connectivity index (χ3v) is 6.06. The highest BCUT2D eigenvalue weighted by molar-refractivity contribution is 5.93. The molecule has 3 heterocycles. The van der Waals surface area contributed by atoms with Crippen molar-refractivity contribution in [3.05, 3.63) is 59.9 Å². The lowest BCUT2D eigenvalue weighted by molar-refractivity contribution is -0.121. The van der Waals surface area contributed by atoms with Crippen LogP contribution in [0.3, 0.4) is 0 Å². The summed E-state index contributed by atoms with van der Waals surface area (Å²) in [5.41, 5.74) is 1.66. The van der Waals surface area contributed by atoms with Gasteiger partial charge in [-0.05, 0) is 50.8 Å². The van der Waals surface area contributed by atoms with E-state index in [1.807, 2.05) is 58.1 Å². The molecule has 2 amide bonds. The van der Waals surface area contributed by atoms with Gasteiger partial charge in [-0.3, -0.25) is 9.59 Å². The molecule has 0 aliphatic carbocycles. The van der Waals surface area contributed by atoms with E-state index < -0.39 is 0 Å². The second-order valence-corrected chi connectivity index (χ2v) is 8.12. The molecule has 1 aromatic carbocycles. The minimum absolute atomic E-state index is 0.0772. The smallest absolute Gasteiger partial charge is 0.270 e. The standard InChI is InChI=1S/C22H27N3O2/c1-16(2)25-12-6-9-19(25)21(27)24-13-10-22(11-14-24)15-18(20(26)23-22)17-7-4-3-5-8-17/h3-9,12,16,18H,10-11,13-15H2,1-2H3,(H,23,26)/t18-/m1/s1. The van der Waals surface area contributed by atoms with Crippen molar-refractivity contribution in [3.8, 4) is 0 Å². The number of amides is 2. The first-order valence-electron chi connectivity index (χ1n) is 9.82. The molecule has 5 nitrogen and oxygen atoms in total. The average Bonchev–Trinajstić information content (AvgIpc) is 3.28.